The highest BCUT2D eigenvalue weighted by Gasteiger charge is 2.35. The minimum absolute atomic E-state index is 0.0583. The van der Waals surface area contributed by atoms with Gasteiger partial charge in [-0.1, -0.05) is 48.5 Å². The number of benzene rings is 2. The van der Waals surface area contributed by atoms with Gasteiger partial charge in [0.2, 0.25) is 5.91 Å². The standard InChI is InChI=1S/C26H30N2O5S/c1-34-14-12-23(25(31)28-13-6-7-17(28)15-24(29)30)27-26(32)33-16-22-20-10-4-2-8-18(20)19-9-3-5-11-21(19)22/h2-5,8-11,17,22-23H,6-7,12-16H2,1H3,(H,27,32)(H,29,30)/t17-,23?/m0/s1. The van der Waals surface area contributed by atoms with Crippen LogP contribution in [0.3, 0.4) is 0 Å². The van der Waals surface area contributed by atoms with Crippen molar-refractivity contribution in [2.24, 2.45) is 0 Å². The largest absolute Gasteiger partial charge is 0.481 e. The molecule has 1 aliphatic carbocycles. The fraction of sp³-hybridized carbons (Fsp3) is 0.423. The number of carbonyl (C=O) groups is 3. The van der Waals surface area contributed by atoms with Gasteiger partial charge in [-0.2, -0.15) is 11.8 Å². The number of ether oxygens (including phenoxy) is 1. The number of carbonyl (C=O) groups excluding carboxylic acids is 2. The molecule has 34 heavy (non-hydrogen) atoms. The molecule has 0 saturated carbocycles. The van der Waals surface area contributed by atoms with Crippen molar-refractivity contribution in [1.29, 1.82) is 0 Å². The summed E-state index contributed by atoms with van der Waals surface area (Å²) in [5, 5.41) is 11.9. The van der Waals surface area contributed by atoms with Crippen molar-refractivity contribution in [3.05, 3.63) is 59.7 Å². The first-order valence-corrected chi connectivity index (χ1v) is 13.0. The summed E-state index contributed by atoms with van der Waals surface area (Å²) in [5.74, 6) is -0.518. The third-order valence-corrected chi connectivity index (χ3v) is 7.26. The maximum Gasteiger partial charge on any atom is 0.407 e. The zero-order valence-corrected chi connectivity index (χ0v) is 20.1. The lowest BCUT2D eigenvalue weighted by atomic mass is 9.98. The molecule has 0 spiro atoms. The second-order valence-electron chi connectivity index (χ2n) is 8.73. The summed E-state index contributed by atoms with van der Waals surface area (Å²) in [4.78, 5) is 38.8. The lowest BCUT2D eigenvalue weighted by molar-refractivity contribution is -0.140. The molecule has 2 aliphatic rings. The van der Waals surface area contributed by atoms with Gasteiger partial charge in [0, 0.05) is 18.5 Å². The van der Waals surface area contributed by atoms with Crippen LogP contribution in [0.2, 0.25) is 0 Å². The molecule has 7 nitrogen and oxygen atoms in total. The van der Waals surface area contributed by atoms with E-state index in [4.69, 9.17) is 4.74 Å². The molecule has 180 valence electrons. The molecule has 1 fully saturated rings. The number of rotatable bonds is 9. The van der Waals surface area contributed by atoms with Crippen LogP contribution in [0, 0.1) is 0 Å². The molecule has 2 atom stereocenters. The number of likely N-dealkylation sites (tertiary alicyclic amines) is 1. The molecule has 2 aromatic carbocycles. The van der Waals surface area contributed by atoms with Gasteiger partial charge in [0.25, 0.3) is 0 Å². The minimum atomic E-state index is -0.921. The number of carboxylic acid groups (broad SMARTS) is 1. The SMILES string of the molecule is CSCCC(NC(=O)OCC1c2ccccc2-c2ccccc21)C(=O)N1CCC[C@H]1CC(=O)O. The van der Waals surface area contributed by atoms with Crippen molar-refractivity contribution in [1.82, 2.24) is 10.2 Å². The molecule has 0 aromatic heterocycles. The van der Waals surface area contributed by atoms with E-state index in [2.05, 4.69) is 29.6 Å². The van der Waals surface area contributed by atoms with E-state index in [1.165, 1.54) is 0 Å². The first kappa shape index (κ1) is 24.1. The molecule has 0 radical (unpaired) electrons. The normalized spacial score (nSPS) is 17.7. The Morgan fingerprint density at radius 1 is 1.12 bits per heavy atom. The Labute approximate surface area is 203 Å². The topological polar surface area (TPSA) is 95.9 Å². The van der Waals surface area contributed by atoms with E-state index < -0.39 is 18.1 Å². The Morgan fingerprint density at radius 3 is 2.38 bits per heavy atom. The fourth-order valence-corrected chi connectivity index (χ4v) is 5.49. The second-order valence-corrected chi connectivity index (χ2v) is 9.72. The number of nitrogens with zero attached hydrogens (tertiary/aromatic N) is 1. The highest BCUT2D eigenvalue weighted by atomic mass is 32.2. The molecule has 2 N–H and O–H groups in total. The van der Waals surface area contributed by atoms with Crippen LogP contribution < -0.4 is 5.32 Å². The Hall–Kier alpha value is -3.00. The monoisotopic (exact) mass is 482 g/mol. The molecular weight excluding hydrogens is 452 g/mol. The van der Waals surface area contributed by atoms with Crippen molar-refractivity contribution in [2.45, 2.75) is 43.7 Å². The summed E-state index contributed by atoms with van der Waals surface area (Å²) >= 11 is 1.59. The van der Waals surface area contributed by atoms with E-state index >= 15 is 0 Å². The van der Waals surface area contributed by atoms with E-state index in [0.717, 1.165) is 28.7 Å². The summed E-state index contributed by atoms with van der Waals surface area (Å²) < 4.78 is 5.63. The summed E-state index contributed by atoms with van der Waals surface area (Å²) in [5.41, 5.74) is 4.55. The Balaban J connectivity index is 1.42. The molecule has 1 aliphatic heterocycles. The first-order valence-electron chi connectivity index (χ1n) is 11.6. The summed E-state index contributed by atoms with van der Waals surface area (Å²) in [6.45, 7) is 0.688. The molecule has 1 saturated heterocycles. The molecule has 1 heterocycles. The lowest BCUT2D eigenvalue weighted by Gasteiger charge is -2.28. The number of hydrogen-bond acceptors (Lipinski definition) is 5. The molecule has 1 unspecified atom stereocenters. The Bertz CT molecular complexity index is 1010. The number of aliphatic carboxylic acids is 1. The smallest absolute Gasteiger partial charge is 0.407 e. The average molecular weight is 483 g/mol. The van der Waals surface area contributed by atoms with Crippen LogP contribution in [0.4, 0.5) is 4.79 Å². The van der Waals surface area contributed by atoms with Gasteiger partial charge in [-0.05, 0) is 53.5 Å². The molecule has 2 amide bonds. The zero-order valence-electron chi connectivity index (χ0n) is 19.2. The average Bonchev–Trinajstić information content (AvgIpc) is 3.42. The van der Waals surface area contributed by atoms with E-state index in [9.17, 15) is 19.5 Å². The maximum absolute atomic E-state index is 13.2. The van der Waals surface area contributed by atoms with E-state index in [-0.39, 0.29) is 30.9 Å². The van der Waals surface area contributed by atoms with Crippen LogP contribution in [-0.4, -0.2) is 65.2 Å². The Morgan fingerprint density at radius 2 is 1.76 bits per heavy atom. The van der Waals surface area contributed by atoms with Crippen LogP contribution in [0.25, 0.3) is 11.1 Å². The molecule has 2 aromatic rings. The van der Waals surface area contributed by atoms with E-state index in [1.807, 2.05) is 30.5 Å². The van der Waals surface area contributed by atoms with Gasteiger partial charge in [-0.15, -0.1) is 0 Å². The number of fused-ring (bicyclic) bond motifs is 3. The highest BCUT2D eigenvalue weighted by molar-refractivity contribution is 7.98. The molecule has 4 rings (SSSR count). The Kier molecular flexibility index (Phi) is 7.77. The van der Waals surface area contributed by atoms with Crippen molar-refractivity contribution in [2.75, 3.05) is 25.2 Å². The van der Waals surface area contributed by atoms with Crippen LogP contribution in [-0.2, 0) is 14.3 Å². The number of alkyl carbamates (subject to hydrolysis) is 1. The third-order valence-electron chi connectivity index (χ3n) is 6.61. The zero-order chi connectivity index (χ0) is 24.1. The quantitative estimate of drug-likeness (QED) is 0.558. The van der Waals surface area contributed by atoms with Crippen molar-refractivity contribution in [3.63, 3.8) is 0 Å². The number of hydrogen-bond donors (Lipinski definition) is 2. The van der Waals surface area contributed by atoms with Gasteiger partial charge < -0.3 is 20.1 Å². The molecule has 8 heteroatoms. The van der Waals surface area contributed by atoms with Crippen LogP contribution in [0.5, 0.6) is 0 Å². The van der Waals surface area contributed by atoms with Crippen molar-refractivity contribution in [3.8, 4) is 11.1 Å². The van der Waals surface area contributed by atoms with Gasteiger partial charge in [-0.25, -0.2) is 4.79 Å². The van der Waals surface area contributed by atoms with Crippen LogP contribution >= 0.6 is 11.8 Å². The third kappa shape index (κ3) is 5.22. The second kappa shape index (κ2) is 11.0. The van der Waals surface area contributed by atoms with Gasteiger partial charge >= 0.3 is 12.1 Å². The van der Waals surface area contributed by atoms with Gasteiger partial charge in [0.15, 0.2) is 0 Å². The number of thioether (sulfide) groups is 1. The van der Waals surface area contributed by atoms with Crippen molar-refractivity contribution < 1.29 is 24.2 Å². The van der Waals surface area contributed by atoms with Gasteiger partial charge in [-0.3, -0.25) is 9.59 Å². The number of nitrogens with one attached hydrogen (secondary N) is 1. The summed E-state index contributed by atoms with van der Waals surface area (Å²) in [6, 6.07) is 15.2. The maximum atomic E-state index is 13.2. The first-order chi connectivity index (χ1) is 16.5. The van der Waals surface area contributed by atoms with Gasteiger partial charge in [0.05, 0.1) is 6.42 Å². The lowest BCUT2D eigenvalue weighted by Crippen LogP contribution is -2.50. The van der Waals surface area contributed by atoms with Crippen LogP contribution in [0.15, 0.2) is 48.5 Å². The fourth-order valence-electron chi connectivity index (χ4n) is 5.02. The van der Waals surface area contributed by atoms with E-state index in [1.54, 1.807) is 16.7 Å². The summed E-state index contributed by atoms with van der Waals surface area (Å²) in [6.07, 6.45) is 3.13. The minimum Gasteiger partial charge on any atom is -0.481 e. The number of amides is 2. The van der Waals surface area contributed by atoms with Crippen molar-refractivity contribution >= 4 is 29.7 Å². The highest BCUT2D eigenvalue weighted by Crippen LogP contribution is 2.44. The van der Waals surface area contributed by atoms with Gasteiger partial charge in [0.1, 0.15) is 12.6 Å². The van der Waals surface area contributed by atoms with E-state index in [0.29, 0.717) is 25.1 Å². The predicted octanol–water partition coefficient (Wildman–Crippen LogP) is 4.11. The molecular formula is C26H30N2O5S. The predicted molar refractivity (Wildman–Crippen MR) is 132 cm³/mol. The summed E-state index contributed by atoms with van der Waals surface area (Å²) in [7, 11) is 0. The van der Waals surface area contributed by atoms with Crippen LogP contribution in [0.1, 0.15) is 42.7 Å². The number of carboxylic acids is 1. The molecule has 0 bridgehead atoms.